The van der Waals surface area contributed by atoms with Crippen LogP contribution in [0.25, 0.3) is 11.0 Å². The van der Waals surface area contributed by atoms with E-state index in [4.69, 9.17) is 10.5 Å². The Hall–Kier alpha value is -1.56. The lowest BCUT2D eigenvalue weighted by Gasteiger charge is -2.04. The number of nitrogens with two attached hydrogens (primary N) is 1. The molecule has 0 unspecified atom stereocenters. The first-order valence-corrected chi connectivity index (χ1v) is 5.92. The highest BCUT2D eigenvalue weighted by Crippen LogP contribution is 2.27. The van der Waals surface area contributed by atoms with Crippen LogP contribution in [0.5, 0.6) is 0 Å². The van der Waals surface area contributed by atoms with Crippen LogP contribution in [0.1, 0.15) is 17.3 Å². The number of rotatable bonds is 2. The van der Waals surface area contributed by atoms with Crippen molar-refractivity contribution >= 4 is 38.9 Å². The van der Waals surface area contributed by atoms with Gasteiger partial charge in [0.25, 0.3) is 0 Å². The molecule has 2 rings (SSSR count). The van der Waals surface area contributed by atoms with Crippen molar-refractivity contribution in [2.45, 2.75) is 6.92 Å². The van der Waals surface area contributed by atoms with Gasteiger partial charge in [0.15, 0.2) is 0 Å². The van der Waals surface area contributed by atoms with E-state index in [1.165, 1.54) is 0 Å². The number of carbonyl (C=O) groups excluding carboxylic acids is 1. The molecule has 0 atom stereocenters. The van der Waals surface area contributed by atoms with E-state index in [1.54, 1.807) is 23.6 Å². The van der Waals surface area contributed by atoms with Crippen LogP contribution >= 0.6 is 15.9 Å². The fraction of sp³-hybridized carbons (Fsp3) is 0.273. The number of esters is 1. The maximum Gasteiger partial charge on any atom is 0.338 e. The number of hydrogen-bond donors (Lipinski definition) is 1. The van der Waals surface area contributed by atoms with Crippen LogP contribution in [-0.4, -0.2) is 22.1 Å². The second kappa shape index (κ2) is 4.37. The molecule has 0 saturated carbocycles. The number of hydrogen-bond acceptors (Lipinski definition) is 4. The van der Waals surface area contributed by atoms with E-state index in [9.17, 15) is 4.79 Å². The molecule has 90 valence electrons. The molecule has 0 fully saturated rings. The van der Waals surface area contributed by atoms with E-state index >= 15 is 0 Å². The molecule has 0 aliphatic heterocycles. The van der Waals surface area contributed by atoms with Gasteiger partial charge in [0.1, 0.15) is 0 Å². The summed E-state index contributed by atoms with van der Waals surface area (Å²) < 4.78 is 7.47. The first-order valence-electron chi connectivity index (χ1n) is 5.13. The summed E-state index contributed by atoms with van der Waals surface area (Å²) in [5.74, 6) is 0.0426. The number of benzene rings is 1. The van der Waals surface area contributed by atoms with Crippen LogP contribution in [-0.2, 0) is 11.8 Å². The number of nitrogen functional groups attached to an aromatic ring is 1. The summed E-state index contributed by atoms with van der Waals surface area (Å²) >= 11 is 3.41. The molecule has 0 amide bonds. The summed E-state index contributed by atoms with van der Waals surface area (Å²) in [6.45, 7) is 2.11. The van der Waals surface area contributed by atoms with Crippen LogP contribution in [0.4, 0.5) is 5.95 Å². The highest BCUT2D eigenvalue weighted by molar-refractivity contribution is 9.10. The van der Waals surface area contributed by atoms with Gasteiger partial charge in [-0.25, -0.2) is 9.78 Å². The number of aromatic nitrogens is 2. The van der Waals surface area contributed by atoms with Crippen LogP contribution in [0.15, 0.2) is 16.6 Å². The molecule has 5 nitrogen and oxygen atoms in total. The van der Waals surface area contributed by atoms with Gasteiger partial charge in [-0.2, -0.15) is 0 Å². The monoisotopic (exact) mass is 297 g/mol. The van der Waals surface area contributed by atoms with Gasteiger partial charge in [0.05, 0.1) is 23.2 Å². The van der Waals surface area contributed by atoms with E-state index in [-0.39, 0.29) is 5.97 Å². The highest BCUT2D eigenvalue weighted by atomic mass is 79.9. The third kappa shape index (κ3) is 2.00. The van der Waals surface area contributed by atoms with E-state index in [0.717, 1.165) is 9.99 Å². The Morgan fingerprint density at radius 1 is 1.59 bits per heavy atom. The average molecular weight is 298 g/mol. The van der Waals surface area contributed by atoms with Gasteiger partial charge < -0.3 is 15.0 Å². The second-order valence-electron chi connectivity index (χ2n) is 3.58. The minimum atomic E-state index is -0.362. The summed E-state index contributed by atoms with van der Waals surface area (Å²) in [6.07, 6.45) is 0. The molecule has 0 spiro atoms. The van der Waals surface area contributed by atoms with Crippen molar-refractivity contribution < 1.29 is 9.53 Å². The molecule has 1 aromatic carbocycles. The topological polar surface area (TPSA) is 70.1 Å². The Labute approximate surface area is 107 Å². The molecule has 17 heavy (non-hydrogen) atoms. The van der Waals surface area contributed by atoms with Gasteiger partial charge in [0, 0.05) is 11.5 Å². The van der Waals surface area contributed by atoms with Crippen LogP contribution in [0.2, 0.25) is 0 Å². The molecular weight excluding hydrogens is 286 g/mol. The molecule has 2 N–H and O–H groups in total. The minimum Gasteiger partial charge on any atom is -0.462 e. The van der Waals surface area contributed by atoms with E-state index in [0.29, 0.717) is 23.6 Å². The first-order chi connectivity index (χ1) is 8.04. The Morgan fingerprint density at radius 3 is 2.94 bits per heavy atom. The third-order valence-electron chi connectivity index (χ3n) is 2.47. The van der Waals surface area contributed by atoms with Gasteiger partial charge in [-0.1, -0.05) is 0 Å². The maximum atomic E-state index is 11.6. The average Bonchev–Trinajstić information content (AvgIpc) is 2.55. The van der Waals surface area contributed by atoms with Crippen molar-refractivity contribution in [3.05, 3.63) is 22.2 Å². The summed E-state index contributed by atoms with van der Waals surface area (Å²) in [5, 5.41) is 0. The van der Waals surface area contributed by atoms with Gasteiger partial charge >= 0.3 is 5.97 Å². The van der Waals surface area contributed by atoms with Gasteiger partial charge in [0.2, 0.25) is 5.95 Å². The molecule has 0 bridgehead atoms. The Morgan fingerprint density at radius 2 is 2.29 bits per heavy atom. The van der Waals surface area contributed by atoms with Crippen LogP contribution in [0, 0.1) is 0 Å². The fourth-order valence-corrected chi connectivity index (χ4v) is 2.36. The standard InChI is InChI=1S/C11H12BrN3O2/c1-3-17-10(16)6-4-7(12)9-8(5-6)14-11(13)15(9)2/h4-5H,3H2,1-2H3,(H2,13,14). The van der Waals surface area contributed by atoms with Gasteiger partial charge in [-0.15, -0.1) is 0 Å². The fourth-order valence-electron chi connectivity index (χ4n) is 1.65. The van der Waals surface area contributed by atoms with Crippen molar-refractivity contribution in [1.29, 1.82) is 0 Å². The molecule has 1 aromatic heterocycles. The van der Waals surface area contributed by atoms with Crippen LogP contribution in [0.3, 0.4) is 0 Å². The number of anilines is 1. The zero-order valence-electron chi connectivity index (χ0n) is 9.53. The predicted octanol–water partition coefficient (Wildman–Crippen LogP) is 2.09. The summed E-state index contributed by atoms with van der Waals surface area (Å²) in [6, 6.07) is 3.38. The molecule has 2 aromatic rings. The smallest absolute Gasteiger partial charge is 0.338 e. The number of halogens is 1. The number of ether oxygens (including phenoxy) is 1. The Kier molecular flexibility index (Phi) is 3.06. The molecule has 1 heterocycles. The van der Waals surface area contributed by atoms with Crippen LogP contribution < -0.4 is 5.73 Å². The van der Waals surface area contributed by atoms with Crippen molar-refractivity contribution in [2.75, 3.05) is 12.3 Å². The van der Waals surface area contributed by atoms with Crippen molar-refractivity contribution in [3.8, 4) is 0 Å². The number of aryl methyl sites for hydroxylation is 1. The Bertz CT molecular complexity index is 592. The van der Waals surface area contributed by atoms with Crippen molar-refractivity contribution in [1.82, 2.24) is 9.55 Å². The highest BCUT2D eigenvalue weighted by Gasteiger charge is 2.14. The normalized spacial score (nSPS) is 10.8. The third-order valence-corrected chi connectivity index (χ3v) is 3.07. The Balaban J connectivity index is 2.60. The largest absolute Gasteiger partial charge is 0.462 e. The SMILES string of the molecule is CCOC(=O)c1cc(Br)c2c(c1)nc(N)n2C. The maximum absolute atomic E-state index is 11.6. The van der Waals surface area contributed by atoms with Gasteiger partial charge in [-0.05, 0) is 35.0 Å². The minimum absolute atomic E-state index is 0.346. The van der Waals surface area contributed by atoms with E-state index in [1.807, 2.05) is 7.05 Å². The summed E-state index contributed by atoms with van der Waals surface area (Å²) in [5.41, 5.74) is 7.71. The zero-order chi connectivity index (χ0) is 12.6. The molecule has 0 aliphatic rings. The molecule has 0 saturated heterocycles. The van der Waals surface area contributed by atoms with Crippen molar-refractivity contribution in [2.24, 2.45) is 7.05 Å². The summed E-state index contributed by atoms with van der Waals surface area (Å²) in [4.78, 5) is 15.8. The molecule has 0 aliphatic carbocycles. The quantitative estimate of drug-likeness (QED) is 0.862. The number of carbonyl (C=O) groups is 1. The number of nitrogens with zero attached hydrogens (tertiary/aromatic N) is 2. The molecule has 6 heteroatoms. The predicted molar refractivity (Wildman–Crippen MR) is 68.8 cm³/mol. The van der Waals surface area contributed by atoms with Gasteiger partial charge in [-0.3, -0.25) is 0 Å². The summed E-state index contributed by atoms with van der Waals surface area (Å²) in [7, 11) is 1.82. The lowest BCUT2D eigenvalue weighted by Crippen LogP contribution is -2.04. The number of imidazole rings is 1. The second-order valence-corrected chi connectivity index (χ2v) is 4.43. The first kappa shape index (κ1) is 11.9. The lowest BCUT2D eigenvalue weighted by molar-refractivity contribution is 0.0526. The lowest BCUT2D eigenvalue weighted by atomic mass is 10.2. The van der Waals surface area contributed by atoms with E-state index in [2.05, 4.69) is 20.9 Å². The molecular formula is C11H12BrN3O2. The number of fused-ring (bicyclic) bond motifs is 1. The molecule has 0 radical (unpaired) electrons. The van der Waals surface area contributed by atoms with Crippen molar-refractivity contribution in [3.63, 3.8) is 0 Å². The zero-order valence-corrected chi connectivity index (χ0v) is 11.1. The van der Waals surface area contributed by atoms with E-state index < -0.39 is 0 Å².